The number of aliphatic hydroxyl groups is 2. The number of nitrogens with zero attached hydrogens (tertiary/aromatic N) is 31. The first kappa shape index (κ1) is 98.6. The summed E-state index contributed by atoms with van der Waals surface area (Å²) in [5, 5.41) is 37.2. The number of aromatic nitrogens is 23. The van der Waals surface area contributed by atoms with E-state index in [4.69, 9.17) is 25.2 Å². The van der Waals surface area contributed by atoms with Crippen LogP contribution in [0.2, 0.25) is 0 Å². The highest BCUT2D eigenvalue weighted by molar-refractivity contribution is 5.84. The quantitative estimate of drug-likeness (QED) is 0.0855. The van der Waals surface area contributed by atoms with Crippen LogP contribution in [0.5, 0.6) is 0 Å². The standard InChI is InChI=1S/C24H27N5O.C23H23N5O2.C22H23N7O.C22H25N7O.C21H23N7O2/c1-3-10-27-11-8-18(9-12-27)19-4-7-23-26-21(13-24(30)29(23)16-19)20-5-6-22-25-17(2)14-28(22)15-20;1-26-21-4-2-17(12-19(21)14-24-26)20-13-23(30)28-15-18(3-5-22(28)25-20)16-6-8-27(9-7-16)10-11-29;1-15-12-29-18(11-23-15)9-20(25-29)19-10-22(30)28-14-17(4-5-21(28)24-19)27-8-7-26-6-2-3-16(26)13-27;1-15-13-29-18(12-23-15)10-20(25-29)19-11-22(30)28-14-17(4-5-21(28)24-19)27-8-6-16(7-9-27)26(2)3;1-15-13-28-17(12-22-15)10-19(24-28)18-11-21(30)27-14-16(2-3-20(27)23-18)26-6-4-25(5-7-26)8-9-29/h4-7,13-16,18H,3,8-12H2,1-2H3;2-6,12-15,29H,7-11H2,1H3;4-5,9-12,14,16H,2-3,6-8,13H2,1H3;4-5,10-14,16H,6-9H2,1-3H3;2-3,10-14,29H,4-9H2,1H3/t;;16-;;/m..1../s1. The van der Waals surface area contributed by atoms with Crippen LogP contribution in [-0.4, -0.2) is 295 Å². The first-order valence-electron chi connectivity index (χ1n) is 51.7. The molecule has 0 radical (unpaired) electrons. The lowest BCUT2D eigenvalue weighted by Gasteiger charge is -2.38. The molecule has 25 heterocycles. The van der Waals surface area contributed by atoms with Gasteiger partial charge in [0.2, 0.25) is 0 Å². The van der Waals surface area contributed by atoms with E-state index in [1.54, 1.807) is 78.4 Å². The zero-order valence-electron chi connectivity index (χ0n) is 85.6. The van der Waals surface area contributed by atoms with Crippen molar-refractivity contribution in [3.63, 3.8) is 0 Å². The van der Waals surface area contributed by atoms with E-state index >= 15 is 0 Å². The molecule has 0 spiro atoms. The Kier molecular flexibility index (Phi) is 28.0. The van der Waals surface area contributed by atoms with E-state index in [1.165, 1.54) is 49.6 Å². The smallest absolute Gasteiger partial charge is 0.258 e. The number of benzene rings is 1. The molecule has 26 rings (SSSR count). The zero-order chi connectivity index (χ0) is 103. The highest BCUT2D eigenvalue weighted by Gasteiger charge is 2.32. The van der Waals surface area contributed by atoms with Crippen molar-refractivity contribution in [2.45, 2.75) is 104 Å². The van der Waals surface area contributed by atoms with Crippen molar-refractivity contribution in [3.8, 4) is 56.7 Å². The molecule has 5 saturated heterocycles. The molecule has 38 heteroatoms. The van der Waals surface area contributed by atoms with E-state index < -0.39 is 0 Å². The summed E-state index contributed by atoms with van der Waals surface area (Å²) < 4.78 is 17.2. The van der Waals surface area contributed by atoms with E-state index in [9.17, 15) is 24.0 Å². The van der Waals surface area contributed by atoms with E-state index in [0.29, 0.717) is 105 Å². The van der Waals surface area contributed by atoms with Gasteiger partial charge in [0.05, 0.1) is 147 Å². The number of likely N-dealkylation sites (tertiary alicyclic amines) is 1. The van der Waals surface area contributed by atoms with Crippen LogP contribution in [0.4, 0.5) is 17.1 Å². The monoisotopic (exact) mass is 2010 g/mol. The van der Waals surface area contributed by atoms with Crippen LogP contribution in [0.25, 0.3) is 124 Å². The molecular formula is C112H121N31O7. The number of anilines is 3. The summed E-state index contributed by atoms with van der Waals surface area (Å²) in [6.45, 7) is 26.7. The summed E-state index contributed by atoms with van der Waals surface area (Å²) in [6.07, 6.45) is 37.6. The summed E-state index contributed by atoms with van der Waals surface area (Å²) in [4.78, 5) is 124. The second-order valence-electron chi connectivity index (χ2n) is 40.1. The molecular weight excluding hydrogens is 1890 g/mol. The second-order valence-corrected chi connectivity index (χ2v) is 40.1. The van der Waals surface area contributed by atoms with Gasteiger partial charge in [0.25, 0.3) is 27.8 Å². The van der Waals surface area contributed by atoms with Crippen LogP contribution in [-0.2, 0) is 7.05 Å². The molecule has 150 heavy (non-hydrogen) atoms. The lowest BCUT2D eigenvalue weighted by molar-refractivity contribution is 0.189. The molecule has 0 unspecified atom stereocenters. The number of pyridine rings is 6. The number of fused-ring (bicyclic) bond motifs is 11. The van der Waals surface area contributed by atoms with Crippen molar-refractivity contribution in [2.75, 3.05) is 153 Å². The summed E-state index contributed by atoms with van der Waals surface area (Å²) in [7, 11) is 6.19. The van der Waals surface area contributed by atoms with Crippen molar-refractivity contribution in [1.82, 2.24) is 134 Å². The van der Waals surface area contributed by atoms with Crippen LogP contribution in [0.15, 0.2) is 256 Å². The second kappa shape index (κ2) is 42.6. The summed E-state index contributed by atoms with van der Waals surface area (Å²) in [5.41, 5.74) is 24.3. The van der Waals surface area contributed by atoms with Crippen LogP contribution >= 0.6 is 0 Å². The number of piperazine rings is 2. The molecule has 6 aliphatic heterocycles. The fraction of sp³-hybridized carbons (Fsp3) is 0.339. The molecule has 20 aromatic rings. The van der Waals surface area contributed by atoms with Gasteiger partial charge in [0, 0.05) is 194 Å². The third kappa shape index (κ3) is 21.1. The van der Waals surface area contributed by atoms with Crippen LogP contribution in [0, 0.1) is 27.7 Å². The molecule has 0 saturated carbocycles. The third-order valence-corrected chi connectivity index (χ3v) is 29.7. The third-order valence-electron chi connectivity index (χ3n) is 29.7. The van der Waals surface area contributed by atoms with Gasteiger partial charge in [0.1, 0.15) is 51.0 Å². The van der Waals surface area contributed by atoms with Gasteiger partial charge in [0.15, 0.2) is 0 Å². The predicted octanol–water partition coefficient (Wildman–Crippen LogP) is 11.3. The maximum Gasteiger partial charge on any atom is 0.258 e. The predicted molar refractivity (Wildman–Crippen MR) is 582 cm³/mol. The van der Waals surface area contributed by atoms with Gasteiger partial charge >= 0.3 is 0 Å². The van der Waals surface area contributed by atoms with Crippen molar-refractivity contribution >= 4 is 84.0 Å². The molecule has 1 atom stereocenters. The maximum atomic E-state index is 12.9. The topological polar surface area (TPSA) is 364 Å². The summed E-state index contributed by atoms with van der Waals surface area (Å²) in [5.74, 6) is 0.515. The minimum absolute atomic E-state index is 0.0397. The van der Waals surface area contributed by atoms with Gasteiger partial charge in [-0.15, -0.1) is 0 Å². The van der Waals surface area contributed by atoms with Crippen molar-refractivity contribution in [2.24, 2.45) is 7.05 Å². The fourth-order valence-corrected chi connectivity index (χ4v) is 21.5. The van der Waals surface area contributed by atoms with Gasteiger partial charge in [-0.25, -0.2) is 43.5 Å². The highest BCUT2D eigenvalue weighted by Crippen LogP contribution is 2.34. The van der Waals surface area contributed by atoms with Crippen molar-refractivity contribution in [1.29, 1.82) is 0 Å². The average Bonchev–Trinajstić information content (AvgIpc) is 1.55. The van der Waals surface area contributed by atoms with Crippen LogP contribution < -0.4 is 42.5 Å². The molecule has 2 N–H and O–H groups in total. The fourth-order valence-electron chi connectivity index (χ4n) is 21.5. The van der Waals surface area contributed by atoms with Crippen LogP contribution in [0.3, 0.4) is 0 Å². The molecule has 6 aliphatic rings. The molecule has 0 amide bonds. The number of aliphatic hydroxyl groups excluding tert-OH is 2. The molecule has 38 nitrogen and oxygen atoms in total. The average molecular weight is 2010 g/mol. The lowest BCUT2D eigenvalue weighted by Crippen LogP contribution is -2.50. The first-order chi connectivity index (χ1) is 72.9. The largest absolute Gasteiger partial charge is 0.395 e. The molecule has 0 aliphatic carbocycles. The normalized spacial score (nSPS) is 16.3. The molecule has 1 aromatic carbocycles. The summed E-state index contributed by atoms with van der Waals surface area (Å²) in [6, 6.07) is 44.7. The Bertz CT molecular complexity index is 8700. The van der Waals surface area contributed by atoms with Crippen LogP contribution in [0.1, 0.15) is 98.1 Å². The Morgan fingerprint density at radius 3 is 1.38 bits per heavy atom. The Labute approximate surface area is 862 Å². The molecule has 766 valence electrons. The molecule has 0 bridgehead atoms. The number of imidazole rings is 1. The van der Waals surface area contributed by atoms with E-state index in [-0.39, 0.29) is 41.0 Å². The summed E-state index contributed by atoms with van der Waals surface area (Å²) >= 11 is 0. The van der Waals surface area contributed by atoms with Gasteiger partial charge in [-0.05, 0) is 239 Å². The Morgan fingerprint density at radius 1 is 0.380 bits per heavy atom. The van der Waals surface area contributed by atoms with Crippen molar-refractivity contribution < 1.29 is 10.2 Å². The molecule has 19 aromatic heterocycles. The maximum absolute atomic E-state index is 12.9. The number of rotatable bonds is 17. The van der Waals surface area contributed by atoms with Gasteiger partial charge in [-0.1, -0.05) is 25.1 Å². The lowest BCUT2D eigenvalue weighted by atomic mass is 9.90. The minimum atomic E-state index is -0.137. The Morgan fingerprint density at radius 2 is 0.847 bits per heavy atom. The van der Waals surface area contributed by atoms with Gasteiger partial charge < -0.3 is 39.1 Å². The van der Waals surface area contributed by atoms with E-state index in [2.05, 4.69) is 135 Å². The minimum Gasteiger partial charge on any atom is -0.395 e. The van der Waals surface area contributed by atoms with E-state index in [0.717, 1.165) is 207 Å². The van der Waals surface area contributed by atoms with E-state index in [1.807, 2.05) is 203 Å². The van der Waals surface area contributed by atoms with Crippen molar-refractivity contribution in [3.05, 3.63) is 318 Å². The molecule has 5 fully saturated rings. The number of piperidine rings is 2. The number of hydrogen-bond donors (Lipinski definition) is 2. The van der Waals surface area contributed by atoms with Gasteiger partial charge in [-0.2, -0.15) is 20.4 Å². The number of aryl methyl sites for hydroxylation is 5. The number of hydrogen-bond acceptors (Lipinski definition) is 28. The first-order valence-corrected chi connectivity index (χ1v) is 51.7. The highest BCUT2D eigenvalue weighted by atomic mass is 16.3. The Balaban J connectivity index is 0.000000106. The zero-order valence-corrected chi connectivity index (χ0v) is 85.6. The number of β-amino-alcohol motifs (C(OH)–C–C–N with tert-alkyl or cyclic N) is 2. The SMILES string of the molecule is CCCN1CCC(c2ccc3nc(-c4ccc5nc(C)cn5c4)cc(=O)n3c2)CC1.Cc1cn2nc(-c3cc(=O)n4cc(N5CCC(N(C)C)CC5)ccc4n3)cc2cn1.Cc1cn2nc(-c3cc(=O)n4cc(N5CCN(CCO)CC5)ccc4n3)cc2cn1.Cc1cn2nc(-c3cc(=O)n4cc(N5CCN6CCC[C@@H]6C5)ccc4n3)cc2cn1.Cn1ncc2cc(-c3cc(=O)n4cc(C5=CCN(CCO)CC5)ccc4n3)ccc21. The Hall–Kier alpha value is -16.1. The van der Waals surface area contributed by atoms with Gasteiger partial charge in [-0.3, -0.25) is 80.3 Å².